The SMILES string of the molecule is CCCC(=O)Oc1c(-c2ccc(F)cc2)[nH]c2c(F)cc(F)cc12. The highest BCUT2D eigenvalue weighted by Crippen LogP contribution is 2.38. The number of aromatic nitrogens is 1. The zero-order valence-corrected chi connectivity index (χ0v) is 12.8. The van der Waals surface area contributed by atoms with Crippen LogP contribution in [0, 0.1) is 17.5 Å². The van der Waals surface area contributed by atoms with E-state index in [-0.39, 0.29) is 23.1 Å². The number of fused-ring (bicyclic) bond motifs is 1. The quantitative estimate of drug-likeness (QED) is 0.686. The number of esters is 1. The molecule has 0 radical (unpaired) electrons. The molecule has 3 nitrogen and oxygen atoms in total. The largest absolute Gasteiger partial charge is 0.424 e. The zero-order chi connectivity index (χ0) is 17.3. The minimum absolute atomic E-state index is 0.0232. The normalized spacial score (nSPS) is 11.0. The molecule has 1 N–H and O–H groups in total. The molecule has 0 bridgehead atoms. The second kappa shape index (κ2) is 6.39. The van der Waals surface area contributed by atoms with Crippen molar-refractivity contribution in [3.05, 3.63) is 53.8 Å². The van der Waals surface area contributed by atoms with E-state index in [0.717, 1.165) is 12.1 Å². The lowest BCUT2D eigenvalue weighted by atomic mass is 10.1. The third-order valence-corrected chi connectivity index (χ3v) is 3.58. The van der Waals surface area contributed by atoms with Crippen LogP contribution < -0.4 is 4.74 Å². The molecule has 0 amide bonds. The van der Waals surface area contributed by atoms with Gasteiger partial charge in [-0.15, -0.1) is 0 Å². The Morgan fingerprint density at radius 2 is 1.79 bits per heavy atom. The summed E-state index contributed by atoms with van der Waals surface area (Å²) in [5, 5.41) is 0.122. The molecule has 0 fully saturated rings. The van der Waals surface area contributed by atoms with Crippen LogP contribution in [0.2, 0.25) is 0 Å². The molecule has 3 aromatic rings. The molecule has 0 saturated heterocycles. The van der Waals surface area contributed by atoms with E-state index in [4.69, 9.17) is 4.74 Å². The van der Waals surface area contributed by atoms with Crippen LogP contribution in [-0.4, -0.2) is 11.0 Å². The summed E-state index contributed by atoms with van der Waals surface area (Å²) in [6, 6.07) is 7.23. The number of rotatable bonds is 4. The minimum atomic E-state index is -0.800. The third-order valence-electron chi connectivity index (χ3n) is 3.58. The number of carbonyl (C=O) groups is 1. The number of halogens is 3. The van der Waals surface area contributed by atoms with Crippen LogP contribution in [-0.2, 0) is 4.79 Å². The van der Waals surface area contributed by atoms with Crippen LogP contribution in [0.4, 0.5) is 13.2 Å². The molecule has 124 valence electrons. The van der Waals surface area contributed by atoms with E-state index < -0.39 is 23.4 Å². The van der Waals surface area contributed by atoms with Gasteiger partial charge >= 0.3 is 5.97 Å². The van der Waals surface area contributed by atoms with Crippen LogP contribution in [0.1, 0.15) is 19.8 Å². The molecule has 1 heterocycles. The lowest BCUT2D eigenvalue weighted by Crippen LogP contribution is -2.07. The molecular weight excluding hydrogens is 319 g/mol. The molecular formula is C18H14F3NO2. The van der Waals surface area contributed by atoms with Gasteiger partial charge in [0.15, 0.2) is 5.75 Å². The fourth-order valence-electron chi connectivity index (χ4n) is 2.49. The van der Waals surface area contributed by atoms with Gasteiger partial charge in [-0.2, -0.15) is 0 Å². The van der Waals surface area contributed by atoms with Crippen molar-refractivity contribution >= 4 is 16.9 Å². The van der Waals surface area contributed by atoms with E-state index in [1.165, 1.54) is 24.3 Å². The average molecular weight is 333 g/mol. The highest BCUT2D eigenvalue weighted by Gasteiger charge is 2.20. The summed E-state index contributed by atoms with van der Waals surface area (Å²) in [5.74, 6) is -2.49. The second-order valence-electron chi connectivity index (χ2n) is 5.37. The van der Waals surface area contributed by atoms with E-state index in [1.54, 1.807) is 0 Å². The summed E-state index contributed by atoms with van der Waals surface area (Å²) in [4.78, 5) is 14.7. The maximum atomic E-state index is 14.0. The van der Waals surface area contributed by atoms with Crippen molar-refractivity contribution in [3.63, 3.8) is 0 Å². The first kappa shape index (κ1) is 16.1. The molecule has 0 atom stereocenters. The van der Waals surface area contributed by atoms with Crippen molar-refractivity contribution in [2.75, 3.05) is 0 Å². The molecule has 6 heteroatoms. The summed E-state index contributed by atoms with van der Waals surface area (Å²) in [7, 11) is 0. The number of benzene rings is 2. The molecule has 1 aromatic heterocycles. The number of hydrogen-bond donors (Lipinski definition) is 1. The first-order valence-corrected chi connectivity index (χ1v) is 7.47. The van der Waals surface area contributed by atoms with Crippen molar-refractivity contribution in [2.45, 2.75) is 19.8 Å². The molecule has 0 unspecified atom stereocenters. The Morgan fingerprint density at radius 1 is 1.08 bits per heavy atom. The molecule has 3 rings (SSSR count). The molecule has 0 aliphatic carbocycles. The highest BCUT2D eigenvalue weighted by molar-refractivity contribution is 5.96. The molecule has 24 heavy (non-hydrogen) atoms. The smallest absolute Gasteiger partial charge is 0.311 e. The summed E-state index contributed by atoms with van der Waals surface area (Å²) < 4.78 is 46.1. The summed E-state index contributed by atoms with van der Waals surface area (Å²) in [5.41, 5.74) is 0.806. The fourth-order valence-corrected chi connectivity index (χ4v) is 2.49. The topological polar surface area (TPSA) is 42.1 Å². The Balaban J connectivity index is 2.21. The van der Waals surface area contributed by atoms with E-state index in [2.05, 4.69) is 4.98 Å². The number of nitrogens with one attached hydrogen (secondary N) is 1. The maximum absolute atomic E-state index is 14.0. The lowest BCUT2D eigenvalue weighted by Gasteiger charge is -2.06. The van der Waals surface area contributed by atoms with Crippen molar-refractivity contribution in [2.24, 2.45) is 0 Å². The minimum Gasteiger partial charge on any atom is -0.424 e. The van der Waals surface area contributed by atoms with Crippen LogP contribution in [0.15, 0.2) is 36.4 Å². The van der Waals surface area contributed by atoms with Crippen LogP contribution in [0.5, 0.6) is 5.75 Å². The summed E-state index contributed by atoms with van der Waals surface area (Å²) >= 11 is 0. The van der Waals surface area contributed by atoms with Crippen LogP contribution in [0.3, 0.4) is 0 Å². The van der Waals surface area contributed by atoms with E-state index in [1.807, 2.05) is 6.92 Å². The first-order chi connectivity index (χ1) is 11.5. The summed E-state index contributed by atoms with van der Waals surface area (Å²) in [6.07, 6.45) is 0.753. The van der Waals surface area contributed by atoms with Gasteiger partial charge in [0.05, 0.1) is 11.2 Å². The first-order valence-electron chi connectivity index (χ1n) is 7.47. The molecule has 0 aliphatic rings. The van der Waals surface area contributed by atoms with Gasteiger partial charge in [-0.05, 0) is 36.8 Å². The number of carbonyl (C=O) groups excluding carboxylic acids is 1. The van der Waals surface area contributed by atoms with Gasteiger partial charge in [-0.3, -0.25) is 4.79 Å². The number of ether oxygens (including phenoxy) is 1. The van der Waals surface area contributed by atoms with Gasteiger partial charge < -0.3 is 9.72 Å². The predicted molar refractivity (Wildman–Crippen MR) is 84.2 cm³/mol. The standard InChI is InChI=1S/C18H14F3NO2/c1-2-3-15(23)24-18-13-8-12(20)9-14(21)17(13)22-16(18)10-4-6-11(19)7-5-10/h4-9,22H,2-3H2,1H3. The fraction of sp³-hybridized carbons (Fsp3) is 0.167. The lowest BCUT2D eigenvalue weighted by molar-refractivity contribution is -0.134. The van der Waals surface area contributed by atoms with E-state index in [0.29, 0.717) is 17.7 Å². The van der Waals surface area contributed by atoms with Gasteiger partial charge in [0.1, 0.15) is 17.5 Å². The van der Waals surface area contributed by atoms with Gasteiger partial charge in [-0.1, -0.05) is 6.92 Å². The van der Waals surface area contributed by atoms with Crippen molar-refractivity contribution in [1.82, 2.24) is 4.98 Å². The van der Waals surface area contributed by atoms with Crippen molar-refractivity contribution in [1.29, 1.82) is 0 Å². The van der Waals surface area contributed by atoms with E-state index in [9.17, 15) is 18.0 Å². The monoisotopic (exact) mass is 333 g/mol. The molecule has 0 saturated carbocycles. The van der Waals surface area contributed by atoms with Crippen LogP contribution >= 0.6 is 0 Å². The van der Waals surface area contributed by atoms with E-state index >= 15 is 0 Å². The van der Waals surface area contributed by atoms with Gasteiger partial charge in [0, 0.05) is 23.4 Å². The number of aromatic amines is 1. The van der Waals surface area contributed by atoms with Crippen molar-refractivity contribution in [3.8, 4) is 17.0 Å². The Hall–Kier alpha value is -2.76. The second-order valence-corrected chi connectivity index (χ2v) is 5.37. The van der Waals surface area contributed by atoms with Gasteiger partial charge in [0.2, 0.25) is 0 Å². The molecule has 2 aromatic carbocycles. The Bertz CT molecular complexity index is 901. The van der Waals surface area contributed by atoms with Gasteiger partial charge in [0.25, 0.3) is 0 Å². The molecule has 0 aliphatic heterocycles. The molecule has 0 spiro atoms. The summed E-state index contributed by atoms with van der Waals surface area (Å²) in [6.45, 7) is 1.82. The number of hydrogen-bond acceptors (Lipinski definition) is 2. The van der Waals surface area contributed by atoms with Crippen molar-refractivity contribution < 1.29 is 22.7 Å². The maximum Gasteiger partial charge on any atom is 0.311 e. The van der Waals surface area contributed by atoms with Crippen LogP contribution in [0.25, 0.3) is 22.2 Å². The predicted octanol–water partition coefficient (Wildman–Crippen LogP) is 4.96. The Kier molecular flexibility index (Phi) is 4.29. The van der Waals surface area contributed by atoms with Gasteiger partial charge in [-0.25, -0.2) is 13.2 Å². The third kappa shape index (κ3) is 2.99. The Morgan fingerprint density at radius 3 is 2.46 bits per heavy atom. The number of H-pyrrole nitrogens is 1. The zero-order valence-electron chi connectivity index (χ0n) is 12.8. The highest BCUT2D eigenvalue weighted by atomic mass is 19.1. The Labute approximate surface area is 136 Å². The average Bonchev–Trinajstić information content (AvgIpc) is 2.87.